The van der Waals surface area contributed by atoms with Crippen molar-refractivity contribution >= 4 is 45.9 Å². The van der Waals surface area contributed by atoms with Crippen molar-refractivity contribution in [2.45, 2.75) is 19.0 Å². The molecule has 0 unspecified atom stereocenters. The van der Waals surface area contributed by atoms with Gasteiger partial charge in [-0.25, -0.2) is 4.79 Å². The quantitative estimate of drug-likeness (QED) is 0.339. The summed E-state index contributed by atoms with van der Waals surface area (Å²) in [6.07, 6.45) is 0. The van der Waals surface area contributed by atoms with Crippen LogP contribution in [-0.4, -0.2) is 45.6 Å². The first kappa shape index (κ1) is 21.1. The van der Waals surface area contributed by atoms with Crippen LogP contribution in [0.3, 0.4) is 0 Å². The molecule has 0 saturated heterocycles. The Balaban J connectivity index is 1.37. The van der Waals surface area contributed by atoms with Gasteiger partial charge in [0.25, 0.3) is 0 Å². The number of benzene rings is 2. The molecule has 0 saturated carbocycles. The molecule has 0 fully saturated rings. The van der Waals surface area contributed by atoms with Crippen molar-refractivity contribution in [3.05, 3.63) is 53.6 Å². The van der Waals surface area contributed by atoms with Gasteiger partial charge in [0.1, 0.15) is 0 Å². The van der Waals surface area contributed by atoms with E-state index in [0.29, 0.717) is 33.6 Å². The lowest BCUT2D eigenvalue weighted by Crippen LogP contribution is -2.15. The zero-order valence-electron chi connectivity index (χ0n) is 18.0. The van der Waals surface area contributed by atoms with Crippen LogP contribution in [0.2, 0.25) is 0 Å². The van der Waals surface area contributed by atoms with Gasteiger partial charge in [-0.15, -0.1) is 10.2 Å². The predicted molar refractivity (Wildman–Crippen MR) is 123 cm³/mol. The first-order valence-electron chi connectivity index (χ1n) is 10.3. The highest BCUT2D eigenvalue weighted by Crippen LogP contribution is 2.37. The first-order chi connectivity index (χ1) is 16.0. The van der Waals surface area contributed by atoms with E-state index in [1.54, 1.807) is 31.2 Å². The maximum atomic E-state index is 12.6. The van der Waals surface area contributed by atoms with E-state index in [1.807, 2.05) is 29.5 Å². The molecule has 0 spiro atoms. The van der Waals surface area contributed by atoms with E-state index in [2.05, 4.69) is 15.5 Å². The number of carbonyl (C=O) groups is 2. The zero-order chi connectivity index (χ0) is 22.9. The molecule has 2 aromatic heterocycles. The number of hydrogen-bond donors (Lipinski definition) is 1. The van der Waals surface area contributed by atoms with E-state index in [0.717, 1.165) is 16.5 Å². The van der Waals surface area contributed by atoms with Gasteiger partial charge >= 0.3 is 5.97 Å². The van der Waals surface area contributed by atoms with E-state index in [-0.39, 0.29) is 25.1 Å². The summed E-state index contributed by atoms with van der Waals surface area (Å²) in [5.41, 5.74) is 3.44. The van der Waals surface area contributed by atoms with Gasteiger partial charge in [-0.05, 0) is 49.7 Å². The summed E-state index contributed by atoms with van der Waals surface area (Å²) >= 11 is 1.27. The zero-order valence-corrected chi connectivity index (χ0v) is 18.8. The lowest BCUT2D eigenvalue weighted by atomic mass is 10.1. The van der Waals surface area contributed by atoms with E-state index in [4.69, 9.17) is 14.2 Å². The Kier molecular flexibility index (Phi) is 5.51. The lowest BCUT2D eigenvalue weighted by molar-refractivity contribution is -0.113. The number of nitrogens with zero attached hydrogens (tertiary/aromatic N) is 3. The number of pyridine rings is 1. The second kappa shape index (κ2) is 8.62. The molecule has 0 atom stereocenters. The van der Waals surface area contributed by atoms with Crippen LogP contribution in [0.4, 0.5) is 5.69 Å². The van der Waals surface area contributed by atoms with Crippen LogP contribution < -0.4 is 14.8 Å². The molecule has 4 aromatic rings. The number of ether oxygens (including phenoxy) is 3. The fourth-order valence-corrected chi connectivity index (χ4v) is 4.40. The summed E-state index contributed by atoms with van der Waals surface area (Å²) in [4.78, 5) is 24.5. The molecule has 10 heteroatoms. The minimum absolute atomic E-state index is 0.115. The van der Waals surface area contributed by atoms with Crippen molar-refractivity contribution in [2.24, 2.45) is 0 Å². The van der Waals surface area contributed by atoms with E-state index >= 15 is 0 Å². The number of rotatable bonds is 6. The summed E-state index contributed by atoms with van der Waals surface area (Å²) in [6, 6.07) is 12.5. The smallest absolute Gasteiger partial charge is 0.338 e. The third kappa shape index (κ3) is 4.05. The largest absolute Gasteiger partial charge is 0.462 e. The predicted octanol–water partition coefficient (Wildman–Crippen LogP) is 3.83. The topological polar surface area (TPSA) is 104 Å². The molecule has 0 radical (unpaired) electrons. The summed E-state index contributed by atoms with van der Waals surface area (Å²) in [7, 11) is 0. The molecule has 9 nitrogen and oxygen atoms in total. The van der Waals surface area contributed by atoms with Crippen LogP contribution >= 0.6 is 11.8 Å². The SMILES string of the molecule is CCOC(=O)c1cccc(NC(=O)CSc2nnc3c(C)cc4cc5c(cc4n23)OCO5)c1. The molecule has 0 aliphatic carbocycles. The van der Waals surface area contributed by atoms with Crippen LogP contribution in [0.1, 0.15) is 22.8 Å². The Morgan fingerprint density at radius 1 is 1.15 bits per heavy atom. The fourth-order valence-electron chi connectivity index (χ4n) is 3.66. The third-order valence-corrected chi connectivity index (χ3v) is 6.04. The number of thioether (sulfide) groups is 1. The lowest BCUT2D eigenvalue weighted by Gasteiger charge is -2.09. The van der Waals surface area contributed by atoms with Gasteiger partial charge in [0, 0.05) is 17.1 Å². The summed E-state index contributed by atoms with van der Waals surface area (Å²) < 4.78 is 18.0. The molecular formula is C23H20N4O5S. The van der Waals surface area contributed by atoms with Gasteiger partial charge in [0.2, 0.25) is 12.7 Å². The van der Waals surface area contributed by atoms with Gasteiger partial charge in [0.15, 0.2) is 22.3 Å². The highest BCUT2D eigenvalue weighted by molar-refractivity contribution is 7.99. The van der Waals surface area contributed by atoms with E-state index < -0.39 is 5.97 Å². The number of carbonyl (C=O) groups excluding carboxylic acids is 2. The molecule has 1 aliphatic heterocycles. The monoisotopic (exact) mass is 464 g/mol. The number of aryl methyl sites for hydroxylation is 1. The standard InChI is InChI=1S/C23H20N4O5S/c1-3-30-22(29)14-5-4-6-16(8-14)24-20(28)11-33-23-26-25-21-13(2)7-15-9-18-19(32-12-31-18)10-17(15)27(21)23/h4-10H,3,11-12H2,1-2H3,(H,24,28). The van der Waals surface area contributed by atoms with Crippen LogP contribution in [0.25, 0.3) is 16.6 Å². The second-order valence-corrected chi connectivity index (χ2v) is 8.31. The van der Waals surface area contributed by atoms with Crippen molar-refractivity contribution in [1.82, 2.24) is 14.6 Å². The average molecular weight is 465 g/mol. The second-order valence-electron chi connectivity index (χ2n) is 7.37. The molecule has 168 valence electrons. The van der Waals surface area contributed by atoms with Crippen molar-refractivity contribution in [3.8, 4) is 11.5 Å². The Morgan fingerprint density at radius 2 is 1.97 bits per heavy atom. The summed E-state index contributed by atoms with van der Waals surface area (Å²) in [5.74, 6) is 0.822. The van der Waals surface area contributed by atoms with Crippen LogP contribution in [0.5, 0.6) is 11.5 Å². The van der Waals surface area contributed by atoms with Crippen molar-refractivity contribution in [3.63, 3.8) is 0 Å². The van der Waals surface area contributed by atoms with Crippen LogP contribution in [0.15, 0.2) is 47.6 Å². The molecular weight excluding hydrogens is 444 g/mol. The van der Waals surface area contributed by atoms with Crippen LogP contribution in [-0.2, 0) is 9.53 Å². The minimum Gasteiger partial charge on any atom is -0.462 e. The molecule has 1 amide bonds. The van der Waals surface area contributed by atoms with Gasteiger partial charge in [-0.3, -0.25) is 9.20 Å². The molecule has 33 heavy (non-hydrogen) atoms. The maximum absolute atomic E-state index is 12.6. The van der Waals surface area contributed by atoms with Gasteiger partial charge < -0.3 is 19.5 Å². The minimum atomic E-state index is -0.430. The number of hydrogen-bond acceptors (Lipinski definition) is 8. The highest BCUT2D eigenvalue weighted by atomic mass is 32.2. The van der Waals surface area contributed by atoms with Gasteiger partial charge in [0.05, 0.1) is 23.4 Å². The first-order valence-corrected chi connectivity index (χ1v) is 11.3. The molecule has 3 heterocycles. The highest BCUT2D eigenvalue weighted by Gasteiger charge is 2.19. The van der Waals surface area contributed by atoms with E-state index in [9.17, 15) is 9.59 Å². The number of esters is 1. The Labute approximate surface area is 193 Å². The number of anilines is 1. The Hall–Kier alpha value is -3.79. The van der Waals surface area contributed by atoms with Crippen molar-refractivity contribution < 1.29 is 23.8 Å². The molecule has 2 aromatic carbocycles. The number of nitrogens with one attached hydrogen (secondary N) is 1. The van der Waals surface area contributed by atoms with Crippen molar-refractivity contribution in [2.75, 3.05) is 24.5 Å². The molecule has 5 rings (SSSR count). The molecule has 0 bridgehead atoms. The van der Waals surface area contributed by atoms with Crippen molar-refractivity contribution in [1.29, 1.82) is 0 Å². The molecule has 1 N–H and O–H groups in total. The summed E-state index contributed by atoms with van der Waals surface area (Å²) in [6.45, 7) is 4.18. The number of amides is 1. The van der Waals surface area contributed by atoms with Crippen LogP contribution in [0, 0.1) is 6.92 Å². The average Bonchev–Trinajstić information content (AvgIpc) is 3.44. The Bertz CT molecular complexity index is 1400. The Morgan fingerprint density at radius 3 is 2.79 bits per heavy atom. The number of fused-ring (bicyclic) bond motifs is 4. The third-order valence-electron chi connectivity index (χ3n) is 5.11. The van der Waals surface area contributed by atoms with Gasteiger partial charge in [-0.1, -0.05) is 17.8 Å². The maximum Gasteiger partial charge on any atom is 0.338 e. The summed E-state index contributed by atoms with van der Waals surface area (Å²) in [5, 5.41) is 13.0. The molecule has 1 aliphatic rings. The van der Waals surface area contributed by atoms with E-state index in [1.165, 1.54) is 11.8 Å². The number of aromatic nitrogens is 3. The fraction of sp³-hybridized carbons (Fsp3) is 0.217. The van der Waals surface area contributed by atoms with Gasteiger partial charge in [-0.2, -0.15) is 0 Å². The normalized spacial score (nSPS) is 12.3.